The lowest BCUT2D eigenvalue weighted by Gasteiger charge is -2.30. The van der Waals surface area contributed by atoms with Crippen molar-refractivity contribution in [3.63, 3.8) is 0 Å². The summed E-state index contributed by atoms with van der Waals surface area (Å²) in [6, 6.07) is 5.50. The zero-order chi connectivity index (χ0) is 16.7. The van der Waals surface area contributed by atoms with Crippen LogP contribution in [-0.2, 0) is 9.53 Å². The van der Waals surface area contributed by atoms with Crippen LogP contribution in [0.25, 0.3) is 0 Å². The van der Waals surface area contributed by atoms with Gasteiger partial charge < -0.3 is 10.1 Å². The summed E-state index contributed by atoms with van der Waals surface area (Å²) in [5, 5.41) is 2.91. The van der Waals surface area contributed by atoms with Gasteiger partial charge in [0.2, 0.25) is 0 Å². The van der Waals surface area contributed by atoms with Crippen LogP contribution >= 0.6 is 24.6 Å². The molecule has 0 aliphatic heterocycles. The van der Waals surface area contributed by atoms with Crippen molar-refractivity contribution in [3.05, 3.63) is 30.1 Å². The summed E-state index contributed by atoms with van der Waals surface area (Å²) in [6.45, 7) is 2.08. The highest BCUT2D eigenvalue weighted by molar-refractivity contribution is 7.80. The number of halogens is 1. The smallest absolute Gasteiger partial charge is 0.322 e. The zero-order valence-electron chi connectivity index (χ0n) is 14.4. The van der Waals surface area contributed by atoms with Crippen LogP contribution < -0.4 is 5.32 Å². The van der Waals surface area contributed by atoms with Crippen LogP contribution in [0.2, 0.25) is 0 Å². The van der Waals surface area contributed by atoms with Gasteiger partial charge >= 0.3 is 5.97 Å². The van der Waals surface area contributed by atoms with Crippen LogP contribution in [0.4, 0.5) is 0 Å². The van der Waals surface area contributed by atoms with Crippen molar-refractivity contribution < 1.29 is 9.53 Å². The number of thiocarbonyl (C=S) groups is 1. The lowest BCUT2D eigenvalue weighted by atomic mass is 9.84. The first-order valence-electron chi connectivity index (χ1n) is 8.50. The fourth-order valence-electron chi connectivity index (χ4n) is 3.29. The van der Waals surface area contributed by atoms with Gasteiger partial charge in [0, 0.05) is 13.2 Å². The number of hydrogen-bond donors (Lipinski definition) is 1. The predicted octanol–water partition coefficient (Wildman–Crippen LogP) is 4.04. The molecule has 2 unspecified atom stereocenters. The number of nitrogens with one attached hydrogen (secondary N) is 1. The van der Waals surface area contributed by atoms with Crippen molar-refractivity contribution in [2.45, 2.75) is 57.5 Å². The van der Waals surface area contributed by atoms with E-state index in [-0.39, 0.29) is 24.5 Å². The van der Waals surface area contributed by atoms with Crippen molar-refractivity contribution in [2.75, 3.05) is 7.05 Å². The number of hydrogen-bond acceptors (Lipinski definition) is 4. The van der Waals surface area contributed by atoms with E-state index in [1.54, 1.807) is 13.2 Å². The lowest BCUT2D eigenvalue weighted by molar-refractivity contribution is -0.152. The van der Waals surface area contributed by atoms with E-state index < -0.39 is 5.92 Å². The van der Waals surface area contributed by atoms with E-state index in [1.165, 1.54) is 19.3 Å². The molecular formula is C18H27ClN2O2S. The summed E-state index contributed by atoms with van der Waals surface area (Å²) >= 11 is 5.33. The van der Waals surface area contributed by atoms with Gasteiger partial charge in [-0.3, -0.25) is 9.78 Å². The van der Waals surface area contributed by atoms with Crippen LogP contribution in [0.3, 0.4) is 0 Å². The Morgan fingerprint density at radius 3 is 2.62 bits per heavy atom. The molecule has 1 fully saturated rings. The molecule has 6 heteroatoms. The number of ether oxygens (including phenoxy) is 1. The Morgan fingerprint density at radius 1 is 1.38 bits per heavy atom. The Kier molecular flexibility index (Phi) is 9.22. The summed E-state index contributed by atoms with van der Waals surface area (Å²) in [7, 11) is 1.73. The molecule has 24 heavy (non-hydrogen) atoms. The SMILES string of the molecule is CCC(OC(=O)C(C(=S)NC)c1ccccn1)C1CCCCC1.Cl. The molecule has 1 saturated carbocycles. The Bertz CT molecular complexity index is 521. The molecule has 2 rings (SSSR count). The number of carbonyl (C=O) groups is 1. The lowest BCUT2D eigenvalue weighted by Crippen LogP contribution is -2.36. The van der Waals surface area contributed by atoms with Gasteiger partial charge in [0.25, 0.3) is 0 Å². The first kappa shape index (κ1) is 20.8. The average molecular weight is 371 g/mol. The van der Waals surface area contributed by atoms with Crippen molar-refractivity contribution >= 4 is 35.6 Å². The number of pyridine rings is 1. The van der Waals surface area contributed by atoms with Crippen LogP contribution in [0.15, 0.2) is 24.4 Å². The van der Waals surface area contributed by atoms with E-state index in [0.717, 1.165) is 19.3 Å². The molecule has 0 bridgehead atoms. The van der Waals surface area contributed by atoms with Gasteiger partial charge in [0.05, 0.1) is 10.7 Å². The topological polar surface area (TPSA) is 51.2 Å². The van der Waals surface area contributed by atoms with Crippen LogP contribution in [0.5, 0.6) is 0 Å². The number of carbonyl (C=O) groups excluding carboxylic acids is 1. The highest BCUT2D eigenvalue weighted by atomic mass is 35.5. The molecule has 0 aromatic carbocycles. The third-order valence-corrected chi connectivity index (χ3v) is 5.01. The van der Waals surface area contributed by atoms with E-state index in [0.29, 0.717) is 16.6 Å². The van der Waals surface area contributed by atoms with E-state index in [9.17, 15) is 4.79 Å². The Morgan fingerprint density at radius 2 is 2.08 bits per heavy atom. The molecule has 1 heterocycles. The van der Waals surface area contributed by atoms with Crippen LogP contribution in [0.1, 0.15) is 57.1 Å². The number of rotatable bonds is 6. The second-order valence-corrected chi connectivity index (χ2v) is 6.52. The standard InChI is InChI=1S/C18H26N2O2S.ClH/c1-3-15(13-9-5-4-6-10-13)22-18(21)16(17(23)19-2)14-11-7-8-12-20-14;/h7-8,11-13,15-16H,3-6,9-10H2,1-2H3,(H,19,23);1H. The van der Waals surface area contributed by atoms with Crippen molar-refractivity contribution in [2.24, 2.45) is 5.92 Å². The van der Waals surface area contributed by atoms with E-state index in [1.807, 2.05) is 18.2 Å². The summed E-state index contributed by atoms with van der Waals surface area (Å²) in [6.07, 6.45) is 8.56. The van der Waals surface area contributed by atoms with Crippen LogP contribution in [0, 0.1) is 5.92 Å². The molecule has 0 amide bonds. The number of likely N-dealkylation sites (N-methyl/N-ethyl adjacent to an activating group) is 1. The van der Waals surface area contributed by atoms with Gasteiger partial charge in [-0.1, -0.05) is 44.5 Å². The summed E-state index contributed by atoms with van der Waals surface area (Å²) in [5.74, 6) is -0.445. The molecular weight excluding hydrogens is 344 g/mol. The molecule has 1 N–H and O–H groups in total. The molecule has 1 aromatic rings. The quantitative estimate of drug-likeness (QED) is 0.605. The fourth-order valence-corrected chi connectivity index (χ4v) is 3.51. The van der Waals surface area contributed by atoms with Crippen LogP contribution in [-0.4, -0.2) is 29.1 Å². The fraction of sp³-hybridized carbons (Fsp3) is 0.611. The number of nitrogens with zero attached hydrogens (tertiary/aromatic N) is 1. The molecule has 1 aromatic heterocycles. The third-order valence-electron chi connectivity index (χ3n) is 4.57. The van der Waals surface area contributed by atoms with Gasteiger partial charge in [-0.15, -0.1) is 12.4 Å². The minimum atomic E-state index is -0.631. The molecule has 4 nitrogen and oxygen atoms in total. The van der Waals surface area contributed by atoms with Gasteiger partial charge in [-0.25, -0.2) is 0 Å². The molecule has 2 atom stereocenters. The number of aromatic nitrogens is 1. The third kappa shape index (κ3) is 5.42. The Hall–Kier alpha value is -1.20. The molecule has 1 aliphatic carbocycles. The maximum Gasteiger partial charge on any atom is 0.322 e. The normalized spacial score (nSPS) is 17.2. The van der Waals surface area contributed by atoms with E-state index >= 15 is 0 Å². The first-order chi connectivity index (χ1) is 11.2. The Labute approximate surface area is 156 Å². The van der Waals surface area contributed by atoms with Gasteiger partial charge in [0.15, 0.2) is 0 Å². The van der Waals surface area contributed by atoms with Gasteiger partial charge in [0.1, 0.15) is 12.0 Å². The number of esters is 1. The summed E-state index contributed by atoms with van der Waals surface area (Å²) < 4.78 is 5.87. The summed E-state index contributed by atoms with van der Waals surface area (Å²) in [4.78, 5) is 17.5. The maximum atomic E-state index is 12.8. The van der Waals surface area contributed by atoms with Crippen molar-refractivity contribution in [3.8, 4) is 0 Å². The molecule has 0 spiro atoms. The molecule has 1 aliphatic rings. The average Bonchev–Trinajstić information content (AvgIpc) is 2.61. The molecule has 0 saturated heterocycles. The first-order valence-corrected chi connectivity index (χ1v) is 8.91. The minimum absolute atomic E-state index is 0. The molecule has 0 radical (unpaired) electrons. The maximum absolute atomic E-state index is 12.8. The second kappa shape index (κ2) is 10.6. The van der Waals surface area contributed by atoms with Crippen molar-refractivity contribution in [1.82, 2.24) is 10.3 Å². The van der Waals surface area contributed by atoms with Gasteiger partial charge in [-0.05, 0) is 37.3 Å². The van der Waals surface area contributed by atoms with Crippen molar-refractivity contribution in [1.29, 1.82) is 0 Å². The zero-order valence-corrected chi connectivity index (χ0v) is 16.0. The van der Waals surface area contributed by atoms with E-state index in [4.69, 9.17) is 17.0 Å². The summed E-state index contributed by atoms with van der Waals surface area (Å²) in [5.41, 5.74) is 0.635. The highest BCUT2D eigenvalue weighted by Crippen LogP contribution is 2.30. The Balaban J connectivity index is 0.00000288. The predicted molar refractivity (Wildman–Crippen MR) is 103 cm³/mol. The van der Waals surface area contributed by atoms with E-state index in [2.05, 4.69) is 17.2 Å². The minimum Gasteiger partial charge on any atom is -0.461 e. The second-order valence-electron chi connectivity index (χ2n) is 6.08. The monoisotopic (exact) mass is 370 g/mol. The molecule has 134 valence electrons. The largest absolute Gasteiger partial charge is 0.461 e. The van der Waals surface area contributed by atoms with Gasteiger partial charge in [-0.2, -0.15) is 0 Å². The highest BCUT2D eigenvalue weighted by Gasteiger charge is 2.32.